The highest BCUT2D eigenvalue weighted by Gasteiger charge is 1.97. The predicted octanol–water partition coefficient (Wildman–Crippen LogP) is 1.46. The molecule has 3 heteroatoms. The number of aromatic nitrogens is 2. The van der Waals surface area contributed by atoms with Crippen LogP contribution in [0.2, 0.25) is 0 Å². The van der Waals surface area contributed by atoms with Crippen molar-refractivity contribution in [3.8, 4) is 0 Å². The molecule has 2 rings (SSSR count). The van der Waals surface area contributed by atoms with Crippen molar-refractivity contribution in [2.45, 2.75) is 13.0 Å². The number of benzene rings is 1. The molecular weight excluding hydrogens is 174 g/mol. The highest BCUT2D eigenvalue weighted by atomic mass is 14.9. The summed E-state index contributed by atoms with van der Waals surface area (Å²) in [6.45, 7) is 0.594. The molecule has 3 nitrogen and oxygen atoms in total. The highest BCUT2D eigenvalue weighted by molar-refractivity contribution is 5.26. The van der Waals surface area contributed by atoms with E-state index in [4.69, 9.17) is 5.73 Å². The minimum Gasteiger partial charge on any atom is -0.348 e. The Morgan fingerprint density at radius 3 is 2.86 bits per heavy atom. The third kappa shape index (κ3) is 2.00. The molecule has 3 N–H and O–H groups in total. The van der Waals surface area contributed by atoms with E-state index in [2.05, 4.69) is 22.1 Å². The summed E-state index contributed by atoms with van der Waals surface area (Å²) in [7, 11) is 0. The monoisotopic (exact) mass is 187 g/mol. The van der Waals surface area contributed by atoms with Crippen LogP contribution in [0.1, 0.15) is 16.8 Å². The quantitative estimate of drug-likeness (QED) is 0.764. The summed E-state index contributed by atoms with van der Waals surface area (Å²) in [5.74, 6) is 0. The molecule has 0 atom stereocenters. The minimum absolute atomic E-state index is 0.594. The molecule has 0 bridgehead atoms. The number of nitrogens with zero attached hydrogens (tertiary/aromatic N) is 1. The molecule has 0 aliphatic rings. The smallest absolute Gasteiger partial charge is 0.0921 e. The molecule has 1 aromatic carbocycles. The molecule has 1 aromatic heterocycles. The van der Waals surface area contributed by atoms with Gasteiger partial charge in [-0.05, 0) is 11.1 Å². The van der Waals surface area contributed by atoms with Crippen molar-refractivity contribution in [3.05, 3.63) is 53.6 Å². The number of imidazole rings is 1. The van der Waals surface area contributed by atoms with Crippen molar-refractivity contribution >= 4 is 0 Å². The SMILES string of the molecule is NCc1cccc(Cc2cnc[nH]2)c1. The van der Waals surface area contributed by atoms with Gasteiger partial charge in [-0.1, -0.05) is 24.3 Å². The van der Waals surface area contributed by atoms with Crippen LogP contribution >= 0.6 is 0 Å². The zero-order valence-electron chi connectivity index (χ0n) is 7.90. The summed E-state index contributed by atoms with van der Waals surface area (Å²) in [4.78, 5) is 7.06. The van der Waals surface area contributed by atoms with E-state index in [1.165, 1.54) is 11.1 Å². The predicted molar refractivity (Wildman–Crippen MR) is 55.7 cm³/mol. The molecule has 2 aromatic rings. The lowest BCUT2D eigenvalue weighted by molar-refractivity contribution is 1.04. The van der Waals surface area contributed by atoms with Crippen LogP contribution in [0.25, 0.3) is 0 Å². The standard InChI is InChI=1S/C11H13N3/c12-6-10-3-1-2-9(4-10)5-11-7-13-8-14-11/h1-4,7-8H,5-6,12H2,(H,13,14). The number of H-pyrrole nitrogens is 1. The van der Waals surface area contributed by atoms with Gasteiger partial charge in [0.15, 0.2) is 0 Å². The minimum atomic E-state index is 0.594. The van der Waals surface area contributed by atoms with Crippen molar-refractivity contribution in [1.82, 2.24) is 9.97 Å². The van der Waals surface area contributed by atoms with Crippen molar-refractivity contribution in [1.29, 1.82) is 0 Å². The van der Waals surface area contributed by atoms with E-state index in [9.17, 15) is 0 Å². The lowest BCUT2D eigenvalue weighted by Gasteiger charge is -2.01. The number of hydrogen-bond donors (Lipinski definition) is 2. The van der Waals surface area contributed by atoms with Gasteiger partial charge in [0.05, 0.1) is 6.33 Å². The van der Waals surface area contributed by atoms with Gasteiger partial charge < -0.3 is 10.7 Å². The second-order valence-electron chi connectivity index (χ2n) is 3.28. The van der Waals surface area contributed by atoms with E-state index in [0.717, 1.165) is 12.1 Å². The third-order valence-electron chi connectivity index (χ3n) is 2.18. The Bertz CT molecular complexity index is 393. The van der Waals surface area contributed by atoms with Crippen molar-refractivity contribution in [2.24, 2.45) is 5.73 Å². The molecule has 14 heavy (non-hydrogen) atoms. The summed E-state index contributed by atoms with van der Waals surface area (Å²) in [5, 5.41) is 0. The number of nitrogens with one attached hydrogen (secondary N) is 1. The first-order valence-electron chi connectivity index (χ1n) is 4.63. The molecule has 1 heterocycles. The van der Waals surface area contributed by atoms with Crippen LogP contribution in [-0.4, -0.2) is 9.97 Å². The number of hydrogen-bond acceptors (Lipinski definition) is 2. The lowest BCUT2D eigenvalue weighted by atomic mass is 10.1. The normalized spacial score (nSPS) is 10.4. The first-order chi connectivity index (χ1) is 6.88. The Kier molecular flexibility index (Phi) is 2.60. The maximum absolute atomic E-state index is 5.57. The second-order valence-corrected chi connectivity index (χ2v) is 3.28. The van der Waals surface area contributed by atoms with Gasteiger partial charge in [0.2, 0.25) is 0 Å². The molecule has 0 radical (unpaired) electrons. The maximum atomic E-state index is 5.57. The van der Waals surface area contributed by atoms with Gasteiger partial charge in [-0.25, -0.2) is 4.98 Å². The van der Waals surface area contributed by atoms with Gasteiger partial charge in [-0.3, -0.25) is 0 Å². The Hall–Kier alpha value is -1.61. The third-order valence-corrected chi connectivity index (χ3v) is 2.18. The molecule has 0 amide bonds. The summed E-state index contributed by atoms with van der Waals surface area (Å²) in [6, 6.07) is 8.30. The summed E-state index contributed by atoms with van der Waals surface area (Å²) in [5.41, 5.74) is 9.13. The Balaban J connectivity index is 2.17. The van der Waals surface area contributed by atoms with Gasteiger partial charge in [0.25, 0.3) is 0 Å². The lowest BCUT2D eigenvalue weighted by Crippen LogP contribution is -1.97. The summed E-state index contributed by atoms with van der Waals surface area (Å²) < 4.78 is 0. The highest BCUT2D eigenvalue weighted by Crippen LogP contribution is 2.08. The first-order valence-corrected chi connectivity index (χ1v) is 4.63. The zero-order chi connectivity index (χ0) is 9.80. The molecule has 0 spiro atoms. The van der Waals surface area contributed by atoms with E-state index < -0.39 is 0 Å². The van der Waals surface area contributed by atoms with Crippen LogP contribution in [0.5, 0.6) is 0 Å². The number of aromatic amines is 1. The van der Waals surface area contributed by atoms with Crippen molar-refractivity contribution < 1.29 is 0 Å². The van der Waals surface area contributed by atoms with Crippen LogP contribution in [0.3, 0.4) is 0 Å². The van der Waals surface area contributed by atoms with E-state index in [0.29, 0.717) is 6.54 Å². The van der Waals surface area contributed by atoms with Crippen molar-refractivity contribution in [3.63, 3.8) is 0 Å². The average Bonchev–Trinajstić information content (AvgIpc) is 2.71. The van der Waals surface area contributed by atoms with Crippen LogP contribution in [0, 0.1) is 0 Å². The molecule has 0 fully saturated rings. The van der Waals surface area contributed by atoms with Crippen LogP contribution in [-0.2, 0) is 13.0 Å². The summed E-state index contributed by atoms with van der Waals surface area (Å²) in [6.07, 6.45) is 4.42. The fourth-order valence-corrected chi connectivity index (χ4v) is 1.47. The molecule has 0 saturated carbocycles. The second kappa shape index (κ2) is 4.07. The van der Waals surface area contributed by atoms with Crippen LogP contribution in [0.15, 0.2) is 36.8 Å². The molecular formula is C11H13N3. The van der Waals surface area contributed by atoms with E-state index in [-0.39, 0.29) is 0 Å². The van der Waals surface area contributed by atoms with Crippen LogP contribution in [0.4, 0.5) is 0 Å². The zero-order valence-corrected chi connectivity index (χ0v) is 7.90. The maximum Gasteiger partial charge on any atom is 0.0921 e. The largest absolute Gasteiger partial charge is 0.348 e. The fraction of sp³-hybridized carbons (Fsp3) is 0.182. The first kappa shape index (κ1) is 8.97. The molecule has 72 valence electrons. The van der Waals surface area contributed by atoms with Gasteiger partial charge in [-0.2, -0.15) is 0 Å². The summed E-state index contributed by atoms with van der Waals surface area (Å²) >= 11 is 0. The van der Waals surface area contributed by atoms with Gasteiger partial charge in [0.1, 0.15) is 0 Å². The van der Waals surface area contributed by atoms with Gasteiger partial charge in [-0.15, -0.1) is 0 Å². The molecule has 0 saturated heterocycles. The van der Waals surface area contributed by atoms with Crippen LogP contribution < -0.4 is 5.73 Å². The van der Waals surface area contributed by atoms with E-state index >= 15 is 0 Å². The molecule has 0 aliphatic carbocycles. The fourth-order valence-electron chi connectivity index (χ4n) is 1.47. The van der Waals surface area contributed by atoms with Gasteiger partial charge >= 0.3 is 0 Å². The topological polar surface area (TPSA) is 54.7 Å². The Morgan fingerprint density at radius 1 is 1.29 bits per heavy atom. The average molecular weight is 187 g/mol. The number of rotatable bonds is 3. The van der Waals surface area contributed by atoms with E-state index in [1.807, 2.05) is 18.3 Å². The number of nitrogens with two attached hydrogens (primary N) is 1. The molecule has 0 aliphatic heterocycles. The van der Waals surface area contributed by atoms with E-state index in [1.54, 1.807) is 6.33 Å². The Morgan fingerprint density at radius 2 is 2.14 bits per heavy atom. The van der Waals surface area contributed by atoms with Gasteiger partial charge in [0, 0.05) is 24.9 Å². The van der Waals surface area contributed by atoms with Crippen molar-refractivity contribution in [2.75, 3.05) is 0 Å². The molecule has 0 unspecified atom stereocenters. The Labute approximate surface area is 83.0 Å².